The zero-order chi connectivity index (χ0) is 16.2. The second kappa shape index (κ2) is 6.89. The number of hydrazone groups is 1. The van der Waals surface area contributed by atoms with Gasteiger partial charge in [-0.3, -0.25) is 5.43 Å². The summed E-state index contributed by atoms with van der Waals surface area (Å²) < 4.78 is 13.7. The maximum Gasteiger partial charge on any atom is 0.203 e. The third-order valence-corrected chi connectivity index (χ3v) is 4.36. The van der Waals surface area contributed by atoms with Crippen LogP contribution in [0.15, 0.2) is 57.4 Å². The van der Waals surface area contributed by atoms with Crippen LogP contribution in [0, 0.1) is 5.82 Å². The molecule has 0 saturated heterocycles. The van der Waals surface area contributed by atoms with E-state index in [0.717, 1.165) is 11.3 Å². The molecule has 7 heteroatoms. The van der Waals surface area contributed by atoms with Gasteiger partial charge < -0.3 is 5.11 Å². The molecule has 0 saturated carbocycles. The smallest absolute Gasteiger partial charge is 0.203 e. The van der Waals surface area contributed by atoms with Crippen LogP contribution in [0.3, 0.4) is 0 Å². The molecule has 0 unspecified atom stereocenters. The second-order valence-corrected chi connectivity index (χ2v) is 6.31. The van der Waals surface area contributed by atoms with Crippen molar-refractivity contribution in [3.8, 4) is 17.0 Å². The van der Waals surface area contributed by atoms with E-state index in [9.17, 15) is 9.50 Å². The molecule has 116 valence electrons. The summed E-state index contributed by atoms with van der Waals surface area (Å²) in [4.78, 5) is 4.42. The summed E-state index contributed by atoms with van der Waals surface area (Å²) in [6, 6.07) is 12.3. The molecule has 0 aliphatic rings. The third kappa shape index (κ3) is 3.75. The van der Waals surface area contributed by atoms with Crippen LogP contribution < -0.4 is 5.43 Å². The Kier molecular flexibility index (Phi) is 4.68. The fraction of sp³-hybridized carbons (Fsp3) is 0. The number of aromatic hydroxyl groups is 1. The molecule has 4 nitrogen and oxygen atoms in total. The number of rotatable bonds is 4. The number of nitrogens with one attached hydrogen (secondary N) is 1. The van der Waals surface area contributed by atoms with Crippen LogP contribution in [-0.4, -0.2) is 16.3 Å². The third-order valence-electron chi connectivity index (χ3n) is 3.01. The summed E-state index contributed by atoms with van der Waals surface area (Å²) in [6.07, 6.45) is 1.34. The molecular formula is C16H11BrFN3OS. The second-order valence-electron chi connectivity index (χ2n) is 4.60. The number of phenolic OH excluding ortho intramolecular Hbond substituents is 1. The molecule has 0 fully saturated rings. The van der Waals surface area contributed by atoms with Gasteiger partial charge >= 0.3 is 0 Å². The average molecular weight is 392 g/mol. The molecule has 1 aromatic heterocycles. The fourth-order valence-corrected chi connectivity index (χ4v) is 2.88. The van der Waals surface area contributed by atoms with Gasteiger partial charge in [-0.05, 0) is 28.1 Å². The number of hydrogen-bond donors (Lipinski definition) is 2. The van der Waals surface area contributed by atoms with Crippen molar-refractivity contribution in [2.75, 3.05) is 5.43 Å². The van der Waals surface area contributed by atoms with Crippen LogP contribution in [0.2, 0.25) is 0 Å². The Hall–Kier alpha value is -2.25. The summed E-state index contributed by atoms with van der Waals surface area (Å²) >= 11 is 4.42. The summed E-state index contributed by atoms with van der Waals surface area (Å²) in [5.74, 6) is -0.530. The first-order chi connectivity index (χ1) is 11.1. The molecule has 0 atom stereocenters. The lowest BCUT2D eigenvalue weighted by Gasteiger charge is -2.01. The Bertz CT molecular complexity index is 852. The highest BCUT2D eigenvalue weighted by molar-refractivity contribution is 9.10. The van der Waals surface area contributed by atoms with Crippen molar-refractivity contribution in [1.82, 2.24) is 4.98 Å². The maximum atomic E-state index is 13.5. The van der Waals surface area contributed by atoms with E-state index >= 15 is 0 Å². The number of hydrogen-bond acceptors (Lipinski definition) is 5. The van der Waals surface area contributed by atoms with Crippen LogP contribution in [0.25, 0.3) is 11.3 Å². The molecule has 2 N–H and O–H groups in total. The van der Waals surface area contributed by atoms with Crippen molar-refractivity contribution in [3.63, 3.8) is 0 Å². The zero-order valence-corrected chi connectivity index (χ0v) is 14.1. The van der Waals surface area contributed by atoms with Crippen molar-refractivity contribution in [3.05, 3.63) is 63.7 Å². The highest BCUT2D eigenvalue weighted by atomic mass is 79.9. The predicted molar refractivity (Wildman–Crippen MR) is 94.5 cm³/mol. The van der Waals surface area contributed by atoms with E-state index in [-0.39, 0.29) is 15.8 Å². The van der Waals surface area contributed by atoms with Gasteiger partial charge in [0.25, 0.3) is 0 Å². The Balaban J connectivity index is 1.72. The monoisotopic (exact) mass is 391 g/mol. The van der Waals surface area contributed by atoms with Crippen molar-refractivity contribution in [2.24, 2.45) is 5.10 Å². The van der Waals surface area contributed by atoms with Gasteiger partial charge in [-0.2, -0.15) is 5.10 Å². The number of anilines is 1. The molecule has 2 aromatic carbocycles. The first-order valence-electron chi connectivity index (χ1n) is 6.61. The van der Waals surface area contributed by atoms with E-state index in [4.69, 9.17) is 0 Å². The Morgan fingerprint density at radius 1 is 1.26 bits per heavy atom. The lowest BCUT2D eigenvalue weighted by atomic mass is 10.2. The normalized spacial score (nSPS) is 11.0. The minimum absolute atomic E-state index is 0.0621. The van der Waals surface area contributed by atoms with Crippen LogP contribution >= 0.6 is 27.3 Å². The Morgan fingerprint density at radius 2 is 2.04 bits per heavy atom. The summed E-state index contributed by atoms with van der Waals surface area (Å²) in [5.41, 5.74) is 4.93. The van der Waals surface area contributed by atoms with E-state index in [1.54, 1.807) is 0 Å². The number of halogens is 2. The zero-order valence-electron chi connectivity index (χ0n) is 11.7. The highest BCUT2D eigenvalue weighted by Crippen LogP contribution is 2.26. The van der Waals surface area contributed by atoms with Crippen LogP contribution in [0.5, 0.6) is 5.75 Å². The number of nitrogens with zero attached hydrogens (tertiary/aromatic N) is 2. The molecule has 23 heavy (non-hydrogen) atoms. The first kappa shape index (κ1) is 15.6. The molecule has 0 radical (unpaired) electrons. The van der Waals surface area contributed by atoms with Gasteiger partial charge in [0.2, 0.25) is 5.13 Å². The predicted octanol–water partition coefficient (Wildman–Crippen LogP) is 4.86. The van der Waals surface area contributed by atoms with Crippen LogP contribution in [-0.2, 0) is 0 Å². The molecule has 0 aliphatic carbocycles. The van der Waals surface area contributed by atoms with E-state index in [0.29, 0.717) is 5.13 Å². The van der Waals surface area contributed by atoms with Crippen LogP contribution in [0.1, 0.15) is 5.56 Å². The van der Waals surface area contributed by atoms with Gasteiger partial charge in [0.15, 0.2) is 0 Å². The summed E-state index contributed by atoms with van der Waals surface area (Å²) in [7, 11) is 0. The van der Waals surface area contributed by atoms with E-state index < -0.39 is 5.82 Å². The average Bonchev–Trinajstić information content (AvgIpc) is 3.02. The van der Waals surface area contributed by atoms with Crippen molar-refractivity contribution < 1.29 is 9.50 Å². The maximum absolute atomic E-state index is 13.5. The minimum atomic E-state index is -0.468. The first-order valence-corrected chi connectivity index (χ1v) is 8.29. The minimum Gasteiger partial charge on any atom is -0.507 e. The highest BCUT2D eigenvalue weighted by Gasteiger charge is 2.06. The van der Waals surface area contributed by atoms with Gasteiger partial charge in [0, 0.05) is 16.5 Å². The standard InChI is InChI=1S/C16H11BrFN3OS/c17-12-7-15(22)11(6-13(12)18)8-19-21-16-20-14(9-23-16)10-4-2-1-3-5-10/h1-9,22H,(H,20,21). The Morgan fingerprint density at radius 3 is 2.83 bits per heavy atom. The van der Waals surface area contributed by atoms with Crippen molar-refractivity contribution in [2.45, 2.75) is 0 Å². The lowest BCUT2D eigenvalue weighted by molar-refractivity contribution is 0.471. The molecule has 3 rings (SSSR count). The van der Waals surface area contributed by atoms with Gasteiger partial charge in [-0.15, -0.1) is 11.3 Å². The largest absolute Gasteiger partial charge is 0.507 e. The van der Waals surface area contributed by atoms with Gasteiger partial charge in [0.1, 0.15) is 11.6 Å². The lowest BCUT2D eigenvalue weighted by Crippen LogP contribution is -1.92. The van der Waals surface area contributed by atoms with Crippen molar-refractivity contribution in [1.29, 1.82) is 0 Å². The molecule has 0 aliphatic heterocycles. The number of benzene rings is 2. The SMILES string of the molecule is Oc1cc(Br)c(F)cc1C=NNc1nc(-c2ccccc2)cs1. The molecule has 0 bridgehead atoms. The Labute approximate surface area is 144 Å². The van der Waals surface area contributed by atoms with Gasteiger partial charge in [-0.25, -0.2) is 9.37 Å². The van der Waals surface area contributed by atoms with E-state index in [1.807, 2.05) is 35.7 Å². The van der Waals surface area contributed by atoms with E-state index in [1.165, 1.54) is 29.7 Å². The summed E-state index contributed by atoms with van der Waals surface area (Å²) in [6.45, 7) is 0. The van der Waals surface area contributed by atoms with Gasteiger partial charge in [0.05, 0.1) is 16.4 Å². The topological polar surface area (TPSA) is 57.5 Å². The number of aromatic nitrogens is 1. The van der Waals surface area contributed by atoms with Crippen LogP contribution in [0.4, 0.5) is 9.52 Å². The summed E-state index contributed by atoms with van der Waals surface area (Å²) in [5, 5.41) is 16.2. The van der Waals surface area contributed by atoms with Gasteiger partial charge in [-0.1, -0.05) is 30.3 Å². The quantitative estimate of drug-likeness (QED) is 0.492. The number of thiazole rings is 1. The van der Waals surface area contributed by atoms with E-state index in [2.05, 4.69) is 31.4 Å². The molecule has 0 amide bonds. The molecular weight excluding hydrogens is 381 g/mol. The molecule has 0 spiro atoms. The number of phenols is 1. The van der Waals surface area contributed by atoms with Crippen molar-refractivity contribution >= 4 is 38.6 Å². The molecule has 1 heterocycles. The molecule has 3 aromatic rings. The fourth-order valence-electron chi connectivity index (χ4n) is 1.88.